The highest BCUT2D eigenvalue weighted by atomic mass is 16.5. The second kappa shape index (κ2) is 8.07. The van der Waals surface area contributed by atoms with E-state index in [9.17, 15) is 4.79 Å². The van der Waals surface area contributed by atoms with Crippen LogP contribution in [0.2, 0.25) is 0 Å². The van der Waals surface area contributed by atoms with Crippen molar-refractivity contribution in [3.05, 3.63) is 30.3 Å². The molecule has 1 atom stereocenters. The maximum absolute atomic E-state index is 11.9. The van der Waals surface area contributed by atoms with E-state index in [1.54, 1.807) is 7.05 Å². The van der Waals surface area contributed by atoms with Crippen molar-refractivity contribution in [1.82, 2.24) is 15.1 Å². The van der Waals surface area contributed by atoms with Gasteiger partial charge < -0.3 is 19.9 Å². The Hall–Kier alpha value is -1.79. The van der Waals surface area contributed by atoms with Crippen LogP contribution in [0.15, 0.2) is 30.3 Å². The van der Waals surface area contributed by atoms with Crippen LogP contribution in [0.5, 0.6) is 0 Å². The summed E-state index contributed by atoms with van der Waals surface area (Å²) >= 11 is 0. The number of ether oxygens (including phenoxy) is 1. The van der Waals surface area contributed by atoms with Crippen LogP contribution in [-0.4, -0.2) is 80.4 Å². The smallest absolute Gasteiger partial charge is 0.317 e. The molecule has 1 spiro atoms. The highest BCUT2D eigenvalue weighted by Crippen LogP contribution is 2.37. The van der Waals surface area contributed by atoms with Gasteiger partial charge in [-0.05, 0) is 37.8 Å². The number of piperazine rings is 1. The van der Waals surface area contributed by atoms with Crippen molar-refractivity contribution in [2.75, 3.05) is 57.8 Å². The van der Waals surface area contributed by atoms with Crippen LogP contribution < -0.4 is 10.2 Å². The van der Waals surface area contributed by atoms with Gasteiger partial charge in [-0.3, -0.25) is 4.90 Å². The van der Waals surface area contributed by atoms with Gasteiger partial charge in [-0.15, -0.1) is 0 Å². The number of rotatable bonds is 2. The van der Waals surface area contributed by atoms with Gasteiger partial charge in [-0.25, -0.2) is 4.79 Å². The van der Waals surface area contributed by atoms with E-state index >= 15 is 0 Å². The summed E-state index contributed by atoms with van der Waals surface area (Å²) in [6, 6.07) is 11.4. The number of para-hydroxylation sites is 1. The Morgan fingerprint density at radius 1 is 1.07 bits per heavy atom. The molecule has 6 nitrogen and oxygen atoms in total. The molecule has 148 valence electrons. The lowest BCUT2D eigenvalue weighted by Crippen LogP contribution is -2.58. The number of piperidine rings is 1. The summed E-state index contributed by atoms with van der Waals surface area (Å²) in [7, 11) is 1.70. The minimum atomic E-state index is -0.0238. The minimum absolute atomic E-state index is 0.0238. The lowest BCUT2D eigenvalue weighted by molar-refractivity contribution is -0.129. The van der Waals surface area contributed by atoms with Crippen LogP contribution in [0, 0.1) is 0 Å². The fourth-order valence-corrected chi connectivity index (χ4v) is 4.92. The number of amides is 2. The standard InChI is InChI=1S/C21H32N4O2/c1-22-20(26)25-10-8-21(9-11-25)17-19(7-16-27-21)24-14-12-23(13-15-24)18-5-3-2-4-6-18/h2-6,19H,7-17H2,1H3,(H,22,26). The molecule has 3 heterocycles. The van der Waals surface area contributed by atoms with E-state index in [1.165, 1.54) is 5.69 Å². The number of urea groups is 1. The number of hydrogen-bond acceptors (Lipinski definition) is 4. The van der Waals surface area contributed by atoms with Crippen LogP contribution >= 0.6 is 0 Å². The second-order valence-corrected chi connectivity index (χ2v) is 8.08. The van der Waals surface area contributed by atoms with E-state index in [-0.39, 0.29) is 11.6 Å². The van der Waals surface area contributed by atoms with Crippen molar-refractivity contribution in [2.24, 2.45) is 0 Å². The van der Waals surface area contributed by atoms with Gasteiger partial charge in [0.2, 0.25) is 0 Å². The molecule has 3 saturated heterocycles. The Labute approximate surface area is 162 Å². The quantitative estimate of drug-likeness (QED) is 0.864. The van der Waals surface area contributed by atoms with Crippen LogP contribution in [0.3, 0.4) is 0 Å². The predicted molar refractivity (Wildman–Crippen MR) is 107 cm³/mol. The molecular weight excluding hydrogens is 340 g/mol. The van der Waals surface area contributed by atoms with E-state index < -0.39 is 0 Å². The lowest BCUT2D eigenvalue weighted by atomic mass is 9.81. The molecule has 0 aromatic heterocycles. The summed E-state index contributed by atoms with van der Waals surface area (Å²) in [6.45, 7) is 6.89. The molecule has 0 aliphatic carbocycles. The van der Waals surface area contributed by atoms with Crippen molar-refractivity contribution < 1.29 is 9.53 Å². The van der Waals surface area contributed by atoms with Crippen molar-refractivity contribution in [3.8, 4) is 0 Å². The Kier molecular flexibility index (Phi) is 5.55. The third kappa shape index (κ3) is 4.06. The Balaban J connectivity index is 1.31. The van der Waals surface area contributed by atoms with E-state index in [0.717, 1.165) is 71.6 Å². The van der Waals surface area contributed by atoms with E-state index in [2.05, 4.69) is 45.4 Å². The van der Waals surface area contributed by atoms with E-state index in [1.807, 2.05) is 4.90 Å². The number of nitrogens with one attached hydrogen (secondary N) is 1. The molecule has 3 fully saturated rings. The number of carbonyl (C=O) groups is 1. The number of carbonyl (C=O) groups excluding carboxylic acids is 1. The Morgan fingerprint density at radius 2 is 1.78 bits per heavy atom. The van der Waals surface area contributed by atoms with Gasteiger partial charge in [0.25, 0.3) is 0 Å². The molecule has 0 saturated carbocycles. The van der Waals surface area contributed by atoms with Crippen molar-refractivity contribution in [3.63, 3.8) is 0 Å². The molecule has 1 aromatic rings. The normalized spacial score (nSPS) is 26.2. The average molecular weight is 373 g/mol. The molecule has 3 aliphatic rings. The van der Waals surface area contributed by atoms with E-state index in [0.29, 0.717) is 6.04 Å². The first-order valence-electron chi connectivity index (χ1n) is 10.3. The zero-order valence-electron chi connectivity index (χ0n) is 16.4. The number of hydrogen-bond donors (Lipinski definition) is 1. The molecule has 0 bridgehead atoms. The number of benzene rings is 1. The van der Waals surface area contributed by atoms with Crippen LogP contribution in [-0.2, 0) is 4.74 Å². The number of nitrogens with zero attached hydrogens (tertiary/aromatic N) is 3. The summed E-state index contributed by atoms with van der Waals surface area (Å²) < 4.78 is 6.28. The zero-order valence-corrected chi connectivity index (χ0v) is 16.4. The Bertz CT molecular complexity index is 622. The molecule has 0 radical (unpaired) electrons. The number of likely N-dealkylation sites (tertiary alicyclic amines) is 1. The molecule has 6 heteroatoms. The number of anilines is 1. The van der Waals surface area contributed by atoms with Crippen LogP contribution in [0.4, 0.5) is 10.5 Å². The zero-order chi connectivity index (χ0) is 18.7. The minimum Gasteiger partial charge on any atom is -0.375 e. The third-order valence-electron chi connectivity index (χ3n) is 6.59. The van der Waals surface area contributed by atoms with Gasteiger partial charge >= 0.3 is 6.03 Å². The molecule has 1 aromatic carbocycles. The van der Waals surface area contributed by atoms with Crippen LogP contribution in [0.1, 0.15) is 25.7 Å². The first kappa shape index (κ1) is 18.6. The highest BCUT2D eigenvalue weighted by molar-refractivity contribution is 5.73. The van der Waals surface area contributed by atoms with Gasteiger partial charge in [0.15, 0.2) is 0 Å². The molecule has 1 unspecified atom stereocenters. The monoisotopic (exact) mass is 372 g/mol. The fraction of sp³-hybridized carbons (Fsp3) is 0.667. The first-order chi connectivity index (χ1) is 13.2. The lowest BCUT2D eigenvalue weighted by Gasteiger charge is -2.49. The molecule has 2 amide bonds. The first-order valence-corrected chi connectivity index (χ1v) is 10.3. The molecule has 27 heavy (non-hydrogen) atoms. The molecular formula is C21H32N4O2. The van der Waals surface area contributed by atoms with Gasteiger partial charge in [0.05, 0.1) is 5.60 Å². The SMILES string of the molecule is CNC(=O)N1CCC2(CC1)CC(N1CCN(c3ccccc3)CC1)CCO2. The fourth-order valence-electron chi connectivity index (χ4n) is 4.92. The van der Waals surface area contributed by atoms with Crippen LogP contribution in [0.25, 0.3) is 0 Å². The largest absolute Gasteiger partial charge is 0.375 e. The molecule has 4 rings (SSSR count). The van der Waals surface area contributed by atoms with Crippen molar-refractivity contribution in [1.29, 1.82) is 0 Å². The van der Waals surface area contributed by atoms with Crippen molar-refractivity contribution in [2.45, 2.75) is 37.3 Å². The predicted octanol–water partition coefficient (Wildman–Crippen LogP) is 2.16. The van der Waals surface area contributed by atoms with E-state index in [4.69, 9.17) is 4.74 Å². The molecule has 1 N–H and O–H groups in total. The summed E-state index contributed by atoms with van der Waals surface area (Å²) in [5.41, 5.74) is 1.31. The van der Waals surface area contributed by atoms with Gasteiger partial charge in [0.1, 0.15) is 0 Å². The summed E-state index contributed by atoms with van der Waals surface area (Å²) in [5, 5.41) is 2.74. The maximum Gasteiger partial charge on any atom is 0.317 e. The van der Waals surface area contributed by atoms with Gasteiger partial charge in [-0.1, -0.05) is 18.2 Å². The van der Waals surface area contributed by atoms with Gasteiger partial charge in [-0.2, -0.15) is 0 Å². The summed E-state index contributed by atoms with van der Waals surface area (Å²) in [5.74, 6) is 0. The maximum atomic E-state index is 11.9. The summed E-state index contributed by atoms with van der Waals surface area (Å²) in [4.78, 5) is 18.9. The summed E-state index contributed by atoms with van der Waals surface area (Å²) in [6.07, 6.45) is 4.16. The second-order valence-electron chi connectivity index (χ2n) is 8.08. The van der Waals surface area contributed by atoms with Gasteiger partial charge in [0, 0.05) is 64.7 Å². The highest BCUT2D eigenvalue weighted by Gasteiger charge is 2.42. The average Bonchev–Trinajstić information content (AvgIpc) is 2.74. The van der Waals surface area contributed by atoms with Crippen molar-refractivity contribution >= 4 is 11.7 Å². The Morgan fingerprint density at radius 3 is 2.44 bits per heavy atom. The molecule has 3 aliphatic heterocycles. The topological polar surface area (TPSA) is 48.1 Å². The third-order valence-corrected chi connectivity index (χ3v) is 6.59.